The van der Waals surface area contributed by atoms with Crippen molar-refractivity contribution in [3.8, 4) is 0 Å². The van der Waals surface area contributed by atoms with E-state index in [4.69, 9.17) is 148 Å². The number of hydrogen-bond acceptors (Lipinski definition) is 20. The van der Waals surface area contributed by atoms with Crippen molar-refractivity contribution in [3.63, 3.8) is 0 Å². The van der Waals surface area contributed by atoms with Crippen LogP contribution in [-0.4, -0.2) is 273 Å². The molecule has 0 amide bonds. The van der Waals surface area contributed by atoms with Crippen LogP contribution in [0.25, 0.3) is 9.30 Å². The third-order valence-corrected chi connectivity index (χ3v) is 38.8. The van der Waals surface area contributed by atoms with Gasteiger partial charge in [-0.05, 0) is 85.5 Å². The number of aliphatic hydroxyl groups is 2. The number of furan rings is 2. The van der Waals surface area contributed by atoms with Crippen LogP contribution >= 0.6 is 144 Å². The van der Waals surface area contributed by atoms with Crippen molar-refractivity contribution >= 4 is 201 Å². The number of halogens is 10. The molecular weight excluding hydrogens is 1840 g/mol. The Kier molecular flexibility index (Phi) is 62.9. The predicted molar refractivity (Wildman–Crippen MR) is 466 cm³/mol. The predicted octanol–water partition coefficient (Wildman–Crippen LogP) is 11.7. The maximum Gasteiger partial charge on any atom is 1.00 e. The van der Waals surface area contributed by atoms with Crippen LogP contribution in [0.15, 0.2) is 45.5 Å². The minimum Gasteiger partial charge on any atom is -0.668 e. The second-order valence-electron chi connectivity index (χ2n) is 28.0. The van der Waals surface area contributed by atoms with Gasteiger partial charge in [-0.2, -0.15) is 0 Å². The van der Waals surface area contributed by atoms with Crippen LogP contribution in [-0.2, 0) is 67.8 Å². The summed E-state index contributed by atoms with van der Waals surface area (Å²) in [5.41, 5.74) is 0.899. The van der Waals surface area contributed by atoms with Crippen LogP contribution < -0.4 is 37.7 Å². The molecule has 652 valence electrons. The Morgan fingerprint density at radius 1 is 0.509 bits per heavy atom. The fourth-order valence-corrected chi connectivity index (χ4v) is 37.5. The van der Waals surface area contributed by atoms with Crippen LogP contribution in [0.5, 0.6) is 0 Å². The Morgan fingerprint density at radius 2 is 0.825 bits per heavy atom. The summed E-state index contributed by atoms with van der Waals surface area (Å²) in [5.74, 6) is 2.08. The molecule has 2 fully saturated rings. The summed E-state index contributed by atoms with van der Waals surface area (Å²) >= 11 is 57.2. The second kappa shape index (κ2) is 59.7. The maximum atomic E-state index is 13.4. The molecule has 6 heterocycles. The zero-order valence-electron chi connectivity index (χ0n) is 68.9. The van der Waals surface area contributed by atoms with E-state index in [9.17, 15) is 58.7 Å². The SMILES string of the molecule is CN(CCCl)P(=O)(Cl)N(C)CCCl.CN(CCCl)P(=O)(OCc1ccc([N+](=O)[O-])o1)N(C)CCCl.C[Si](C)(C)[N-][Si](C)(C)C.C[Si](C)(C)[N-][Si](C)(C)C.Cn1c(CO)cnc1[N+](=O)[O-].Cn1c(COP2(=O)N(CCCl)CCCN2CCCl)cnc1[N+](=O)[O-].O=P1(Cl)N(CCCl)CCCN1CCCl.O=[N+]([O-])c1ccc(CO)o1.[Li+].[Li+]. The summed E-state index contributed by atoms with van der Waals surface area (Å²) in [6.07, 6.45) is 4.44. The smallest absolute Gasteiger partial charge is 0.668 e. The molecule has 4 aromatic rings. The molecule has 4 aromatic heterocycles. The Labute approximate surface area is 749 Å². The molecule has 0 bridgehead atoms. The van der Waals surface area contributed by atoms with Crippen LogP contribution in [0, 0.1) is 40.5 Å². The third-order valence-electron chi connectivity index (χ3n) is 14.3. The average Bonchev–Trinajstić information content (AvgIpc) is 1.06. The van der Waals surface area contributed by atoms with Gasteiger partial charge in [0.15, 0.2) is 0 Å². The summed E-state index contributed by atoms with van der Waals surface area (Å²) in [6.45, 7) is 27.4. The van der Waals surface area contributed by atoms with Gasteiger partial charge >= 0.3 is 90.3 Å². The zero-order chi connectivity index (χ0) is 87.0. The van der Waals surface area contributed by atoms with Crippen molar-refractivity contribution in [1.29, 1.82) is 0 Å². The van der Waals surface area contributed by atoms with E-state index in [1.807, 2.05) is 0 Å². The Bertz CT molecular complexity index is 3480. The van der Waals surface area contributed by atoms with E-state index in [1.165, 1.54) is 69.2 Å². The molecule has 36 nitrogen and oxygen atoms in total. The third kappa shape index (κ3) is 46.6. The van der Waals surface area contributed by atoms with Gasteiger partial charge in [-0.3, -0.25) is 47.5 Å². The first-order valence-corrected chi connectivity index (χ1v) is 60.8. The van der Waals surface area contributed by atoms with E-state index in [-0.39, 0.29) is 105 Å². The summed E-state index contributed by atoms with van der Waals surface area (Å²) < 4.78 is 96.7. The number of imidazole rings is 2. The van der Waals surface area contributed by atoms with E-state index < -0.39 is 87.5 Å². The normalized spacial score (nSPS) is 14.8. The molecular formula is C58H114Cl10Li2N18O18P4Si4. The molecule has 2 aliphatic heterocycles. The minimum atomic E-state index is -3.35. The number of alkyl halides is 8. The molecule has 2 aliphatic rings. The van der Waals surface area contributed by atoms with Crippen LogP contribution in [0.1, 0.15) is 35.7 Å². The van der Waals surface area contributed by atoms with Crippen molar-refractivity contribution < 1.29 is 104 Å². The van der Waals surface area contributed by atoms with Gasteiger partial charge in [0.2, 0.25) is 0 Å². The number of aliphatic hydroxyl groups excluding tert-OH is 2. The van der Waals surface area contributed by atoms with Crippen molar-refractivity contribution in [2.24, 2.45) is 14.1 Å². The fraction of sp³-hybridized carbons (Fsp3) is 0.759. The van der Waals surface area contributed by atoms with Gasteiger partial charge in [-0.1, -0.05) is 121 Å². The van der Waals surface area contributed by atoms with Gasteiger partial charge in [0.1, 0.15) is 71.6 Å². The second-order valence-corrected chi connectivity index (χ2v) is 62.2. The molecule has 0 unspecified atom stereocenters. The molecule has 0 saturated carbocycles. The van der Waals surface area contributed by atoms with Crippen LogP contribution in [0.3, 0.4) is 0 Å². The fourth-order valence-electron chi connectivity index (χ4n) is 9.83. The molecule has 114 heavy (non-hydrogen) atoms. The average molecular weight is 1960 g/mol. The summed E-state index contributed by atoms with van der Waals surface area (Å²) in [4.78, 5) is 46.3. The van der Waals surface area contributed by atoms with E-state index >= 15 is 0 Å². The number of aromatic nitrogens is 4. The van der Waals surface area contributed by atoms with Crippen molar-refractivity contribution in [3.05, 3.63) is 109 Å². The van der Waals surface area contributed by atoms with Crippen molar-refractivity contribution in [2.45, 2.75) is 118 Å². The summed E-state index contributed by atoms with van der Waals surface area (Å²) in [7, 11) is -1.44. The minimum absolute atomic E-state index is 0. The Hall–Kier alpha value is -0.0977. The summed E-state index contributed by atoms with van der Waals surface area (Å²) in [6, 6.07) is 5.18. The molecule has 0 radical (unpaired) electrons. The van der Waals surface area contributed by atoms with Gasteiger partial charge in [-0.15, -0.1) is 92.8 Å². The van der Waals surface area contributed by atoms with E-state index in [1.54, 1.807) is 56.2 Å². The topological polar surface area (TPSA) is 416 Å². The number of nitro groups is 4. The Morgan fingerprint density at radius 3 is 1.10 bits per heavy atom. The summed E-state index contributed by atoms with van der Waals surface area (Å²) in [5, 5.41) is 58.6. The van der Waals surface area contributed by atoms with Crippen molar-refractivity contribution in [1.82, 2.24) is 56.5 Å². The maximum absolute atomic E-state index is 13.4. The molecule has 0 aromatic carbocycles. The van der Waals surface area contributed by atoms with Gasteiger partial charge in [0, 0.05) is 126 Å². The molecule has 2 N–H and O–H groups in total. The monoisotopic (exact) mass is 1950 g/mol. The van der Waals surface area contributed by atoms with Gasteiger partial charge < -0.3 is 48.6 Å². The molecule has 0 spiro atoms. The standard InChI is InChI=1S/C12H20Cl2N5O4P.C11H18Cl2N3O5P.C7H14Cl3N2OP.C6H14Cl3N2OP.2C6H18NSi2.C5H7N3O3.C5H5NO4.2Li/c1-16-11(9-15-12(16)19(20)21)10-23-24(22)17(7-3-13)5-2-6-18(24)8-4-14;1-14(7-5-12)22(19,15(2)8-6-13)20-9-10-3-4-11(21-10)16(17)18;8-2-6-11-4-1-5-12(7-3-9)14(11,10)13;1-10(5-3-7)13(9,12)11(2)6-4-8;2*1-8(2,3)7-9(4,5)6;1-7-4(3-9)2-6-5(7)8(10)11;7-3-4-1-2-5(10-4)6(8)9;;/h9H,2-8,10H2,1H3;3-4H,5-9H2,1-2H3;1-7H2;3-6H2,1-2H3;2*1-6H3;2,9H,3H2,1H3;1-2,7H,3H2;;/q;;;;2*-1;;;2*+1. The quantitative estimate of drug-likeness (QED) is 0.0140. The largest absolute Gasteiger partial charge is 1.00 e. The zero-order valence-corrected chi connectivity index (χ0v) is 84.0. The molecule has 6 rings (SSSR count). The molecule has 2 saturated heterocycles. The van der Waals surface area contributed by atoms with Gasteiger partial charge in [-0.25, -0.2) is 46.5 Å². The first-order valence-electron chi connectivity index (χ1n) is 34.6. The van der Waals surface area contributed by atoms with Crippen molar-refractivity contribution in [2.75, 3.05) is 154 Å². The molecule has 0 aliphatic carbocycles. The molecule has 56 heteroatoms. The first kappa shape index (κ1) is 120. The first-order chi connectivity index (χ1) is 51.7. The molecule has 0 atom stereocenters. The van der Waals surface area contributed by atoms with Crippen LogP contribution in [0.4, 0.5) is 23.7 Å². The van der Waals surface area contributed by atoms with E-state index in [0.717, 1.165) is 25.9 Å². The van der Waals surface area contributed by atoms with Crippen LogP contribution in [0.2, 0.25) is 78.6 Å². The van der Waals surface area contributed by atoms with E-state index in [0.29, 0.717) is 112 Å². The Balaban J connectivity index is -0.000000622. The van der Waals surface area contributed by atoms with Gasteiger partial charge in [0.25, 0.3) is 0 Å². The number of rotatable bonds is 36. The van der Waals surface area contributed by atoms with E-state index in [2.05, 4.69) is 92.9 Å². The number of hydrogen-bond donors (Lipinski definition) is 2. The van der Waals surface area contributed by atoms with Gasteiger partial charge in [0.05, 0.1) is 26.2 Å². The number of nitrogens with zero attached hydrogens (tertiary/aromatic N) is 18.